The smallest absolute Gasteiger partial charge is 0.286 e. The minimum absolute atomic E-state index is 0.0703. The van der Waals surface area contributed by atoms with Crippen LogP contribution in [0.3, 0.4) is 0 Å². The van der Waals surface area contributed by atoms with Gasteiger partial charge in [-0.15, -0.1) is 0 Å². The van der Waals surface area contributed by atoms with Gasteiger partial charge >= 0.3 is 0 Å². The summed E-state index contributed by atoms with van der Waals surface area (Å²) in [6.45, 7) is 1.42. The van der Waals surface area contributed by atoms with E-state index in [4.69, 9.17) is 4.74 Å². The lowest BCUT2D eigenvalue weighted by molar-refractivity contribution is -0.128. The van der Waals surface area contributed by atoms with Gasteiger partial charge in [0.15, 0.2) is 17.7 Å². The molecular formula is C18H15F2N3O3. The zero-order valence-corrected chi connectivity index (χ0v) is 13.7. The number of aromatic nitrogens is 1. The van der Waals surface area contributed by atoms with Crippen LogP contribution in [0, 0.1) is 11.6 Å². The average molecular weight is 359 g/mol. The molecule has 134 valence electrons. The molecule has 2 amide bonds. The molecule has 0 fully saturated rings. The highest BCUT2D eigenvalue weighted by atomic mass is 19.1. The normalized spacial score (nSPS) is 11.8. The van der Waals surface area contributed by atoms with E-state index >= 15 is 0 Å². The summed E-state index contributed by atoms with van der Waals surface area (Å²) in [6.07, 6.45) is -1.04. The first-order valence-corrected chi connectivity index (χ1v) is 7.73. The lowest BCUT2D eigenvalue weighted by atomic mass is 10.2. The number of hydrazine groups is 1. The van der Waals surface area contributed by atoms with Gasteiger partial charge in [-0.25, -0.2) is 8.78 Å². The highest BCUT2D eigenvalue weighted by Gasteiger charge is 2.18. The Morgan fingerprint density at radius 3 is 2.62 bits per heavy atom. The molecule has 0 saturated carbocycles. The van der Waals surface area contributed by atoms with Crippen LogP contribution in [0.1, 0.15) is 17.4 Å². The van der Waals surface area contributed by atoms with Crippen molar-refractivity contribution in [3.63, 3.8) is 0 Å². The minimum atomic E-state index is -1.04. The van der Waals surface area contributed by atoms with Gasteiger partial charge in [-0.05, 0) is 43.3 Å². The number of aromatic amines is 1. The number of carbonyl (C=O) groups is 2. The number of rotatable bonds is 4. The largest absolute Gasteiger partial charge is 0.478 e. The third kappa shape index (κ3) is 3.80. The molecule has 1 heterocycles. The van der Waals surface area contributed by atoms with Crippen LogP contribution in [-0.4, -0.2) is 22.9 Å². The van der Waals surface area contributed by atoms with Gasteiger partial charge < -0.3 is 9.72 Å². The number of carbonyl (C=O) groups excluding carboxylic acids is 2. The van der Waals surface area contributed by atoms with Crippen molar-refractivity contribution in [2.75, 3.05) is 0 Å². The number of hydrogen-bond acceptors (Lipinski definition) is 3. The predicted octanol–water partition coefficient (Wildman–Crippen LogP) is 2.67. The SMILES string of the molecule is CC(Oc1ccccc1F)C(=O)NNC(=O)c1cc2cc(F)ccc2[nH]1. The van der Waals surface area contributed by atoms with Gasteiger partial charge in [0, 0.05) is 10.9 Å². The number of halogens is 2. The van der Waals surface area contributed by atoms with E-state index in [9.17, 15) is 18.4 Å². The summed E-state index contributed by atoms with van der Waals surface area (Å²) in [5, 5.41) is 0.526. The fraction of sp³-hybridized carbons (Fsp3) is 0.111. The number of ether oxygens (including phenoxy) is 1. The van der Waals surface area contributed by atoms with Gasteiger partial charge in [0.05, 0.1) is 0 Å². The Morgan fingerprint density at radius 2 is 1.85 bits per heavy atom. The second-order valence-electron chi connectivity index (χ2n) is 5.55. The number of nitrogens with one attached hydrogen (secondary N) is 3. The molecule has 1 aromatic heterocycles. The molecule has 2 aromatic carbocycles. The lowest BCUT2D eigenvalue weighted by Gasteiger charge is -2.15. The van der Waals surface area contributed by atoms with Gasteiger partial charge in [-0.1, -0.05) is 12.1 Å². The highest BCUT2D eigenvalue weighted by Crippen LogP contribution is 2.17. The quantitative estimate of drug-likeness (QED) is 0.627. The van der Waals surface area contributed by atoms with Crippen LogP contribution in [0.5, 0.6) is 5.75 Å². The molecule has 3 aromatic rings. The maximum absolute atomic E-state index is 13.5. The van der Waals surface area contributed by atoms with Gasteiger partial charge in [0.2, 0.25) is 0 Å². The van der Waals surface area contributed by atoms with Gasteiger partial charge in [-0.3, -0.25) is 20.4 Å². The monoisotopic (exact) mass is 359 g/mol. The van der Waals surface area contributed by atoms with Gasteiger partial charge in [0.25, 0.3) is 11.8 Å². The first kappa shape index (κ1) is 17.4. The molecule has 0 bridgehead atoms. The van der Waals surface area contributed by atoms with Crippen LogP contribution in [0.25, 0.3) is 10.9 Å². The molecule has 0 aliphatic carbocycles. The molecule has 8 heteroatoms. The molecule has 3 N–H and O–H groups in total. The maximum atomic E-state index is 13.5. The van der Waals surface area contributed by atoms with Crippen LogP contribution in [0.2, 0.25) is 0 Å². The molecule has 0 aliphatic heterocycles. The van der Waals surface area contributed by atoms with E-state index in [2.05, 4.69) is 15.8 Å². The van der Waals surface area contributed by atoms with Crippen molar-refractivity contribution in [3.05, 3.63) is 65.9 Å². The van der Waals surface area contributed by atoms with E-state index in [1.807, 2.05) is 0 Å². The van der Waals surface area contributed by atoms with Gasteiger partial charge in [0.1, 0.15) is 11.5 Å². The molecule has 0 radical (unpaired) electrons. The van der Waals surface area contributed by atoms with Crippen molar-refractivity contribution in [2.24, 2.45) is 0 Å². The topological polar surface area (TPSA) is 83.2 Å². The van der Waals surface area contributed by atoms with E-state index < -0.39 is 29.6 Å². The van der Waals surface area contributed by atoms with E-state index in [0.717, 1.165) is 0 Å². The summed E-state index contributed by atoms with van der Waals surface area (Å²) in [6, 6.07) is 11.2. The van der Waals surface area contributed by atoms with Crippen LogP contribution in [0.4, 0.5) is 8.78 Å². The highest BCUT2D eigenvalue weighted by molar-refractivity contribution is 5.98. The molecule has 1 unspecified atom stereocenters. The van der Waals surface area contributed by atoms with E-state index in [-0.39, 0.29) is 11.4 Å². The third-order valence-electron chi connectivity index (χ3n) is 3.64. The molecule has 0 saturated heterocycles. The Morgan fingerprint density at radius 1 is 1.08 bits per heavy atom. The Balaban J connectivity index is 1.59. The van der Waals surface area contributed by atoms with Crippen LogP contribution in [-0.2, 0) is 4.79 Å². The predicted molar refractivity (Wildman–Crippen MR) is 90.4 cm³/mol. The fourth-order valence-electron chi connectivity index (χ4n) is 2.30. The molecule has 0 spiro atoms. The molecule has 6 nitrogen and oxygen atoms in total. The van der Waals surface area contributed by atoms with Gasteiger partial charge in [-0.2, -0.15) is 0 Å². The molecule has 1 atom stereocenters. The average Bonchev–Trinajstić information content (AvgIpc) is 3.04. The lowest BCUT2D eigenvalue weighted by Crippen LogP contribution is -2.47. The summed E-state index contributed by atoms with van der Waals surface area (Å²) in [4.78, 5) is 26.9. The first-order chi connectivity index (χ1) is 12.4. The number of benzene rings is 2. The molecular weight excluding hydrogens is 344 g/mol. The van der Waals surface area contributed by atoms with E-state index in [1.54, 1.807) is 6.07 Å². The van der Waals surface area contributed by atoms with Crippen molar-refractivity contribution < 1.29 is 23.1 Å². The summed E-state index contributed by atoms with van der Waals surface area (Å²) in [5.74, 6) is -2.37. The van der Waals surface area contributed by atoms with Crippen LogP contribution in [0.15, 0.2) is 48.5 Å². The number of hydrogen-bond donors (Lipinski definition) is 3. The van der Waals surface area contributed by atoms with Crippen LogP contribution >= 0.6 is 0 Å². The molecule has 3 rings (SSSR count). The Labute approximate surface area is 147 Å². The van der Waals surface area contributed by atoms with Crippen molar-refractivity contribution in [1.82, 2.24) is 15.8 Å². The number of amides is 2. The Kier molecular flexibility index (Phi) is 4.83. The zero-order chi connectivity index (χ0) is 18.7. The van der Waals surface area contributed by atoms with Crippen molar-refractivity contribution in [1.29, 1.82) is 0 Å². The standard InChI is InChI=1S/C18H15F2N3O3/c1-10(26-16-5-3-2-4-13(16)20)17(24)22-23-18(25)15-9-11-8-12(19)6-7-14(11)21-15/h2-10,21H,1H3,(H,22,24)(H,23,25). The summed E-state index contributed by atoms with van der Waals surface area (Å²) >= 11 is 0. The van der Waals surface area contributed by atoms with Crippen LogP contribution < -0.4 is 15.6 Å². The maximum Gasteiger partial charge on any atom is 0.286 e. The Bertz CT molecular complexity index is 971. The number of H-pyrrole nitrogens is 1. The number of fused-ring (bicyclic) bond motifs is 1. The summed E-state index contributed by atoms with van der Waals surface area (Å²) in [5.41, 5.74) is 5.14. The van der Waals surface area contributed by atoms with Crippen molar-refractivity contribution in [2.45, 2.75) is 13.0 Å². The third-order valence-corrected chi connectivity index (χ3v) is 3.64. The van der Waals surface area contributed by atoms with Crippen molar-refractivity contribution in [3.8, 4) is 5.75 Å². The number of para-hydroxylation sites is 1. The van der Waals surface area contributed by atoms with E-state index in [0.29, 0.717) is 10.9 Å². The Hall–Kier alpha value is -3.42. The first-order valence-electron chi connectivity index (χ1n) is 7.73. The summed E-state index contributed by atoms with van der Waals surface area (Å²) in [7, 11) is 0. The fourth-order valence-corrected chi connectivity index (χ4v) is 2.30. The second kappa shape index (κ2) is 7.22. The summed E-state index contributed by atoms with van der Waals surface area (Å²) < 4.78 is 31.9. The zero-order valence-electron chi connectivity index (χ0n) is 13.7. The van der Waals surface area contributed by atoms with E-state index in [1.165, 1.54) is 49.4 Å². The second-order valence-corrected chi connectivity index (χ2v) is 5.55. The van der Waals surface area contributed by atoms with Crippen molar-refractivity contribution >= 4 is 22.7 Å². The molecule has 0 aliphatic rings. The minimum Gasteiger partial charge on any atom is -0.478 e. The molecule has 26 heavy (non-hydrogen) atoms.